The fourth-order valence-electron chi connectivity index (χ4n) is 2.94. The average molecular weight is 397 g/mol. The zero-order valence-electron chi connectivity index (χ0n) is 16.0. The Morgan fingerprint density at radius 3 is 2.00 bits per heavy atom. The number of carbonyl (C=O) groups is 2. The number of carbonyl (C=O) groups excluding carboxylic acids is 2. The van der Waals surface area contributed by atoms with Crippen LogP contribution in [0.5, 0.6) is 0 Å². The third kappa shape index (κ3) is 4.41. The lowest BCUT2D eigenvalue weighted by molar-refractivity contribution is 0.102. The highest BCUT2D eigenvalue weighted by atomic mass is 16.2. The number of anilines is 2. The molecule has 4 aromatic rings. The van der Waals surface area contributed by atoms with Crippen molar-refractivity contribution in [3.8, 4) is 0 Å². The molecular weight excluding hydrogens is 378 g/mol. The number of amides is 2. The van der Waals surface area contributed by atoms with Crippen LogP contribution < -0.4 is 10.6 Å². The smallest absolute Gasteiger partial charge is 0.280 e. The Bertz CT molecular complexity index is 1140. The highest BCUT2D eigenvalue weighted by Crippen LogP contribution is 2.18. The summed E-state index contributed by atoms with van der Waals surface area (Å²) in [5.74, 6) is -0.564. The van der Waals surface area contributed by atoms with Crippen LogP contribution in [-0.4, -0.2) is 26.8 Å². The molecule has 7 heteroatoms. The predicted molar refractivity (Wildman–Crippen MR) is 114 cm³/mol. The fourth-order valence-corrected chi connectivity index (χ4v) is 2.94. The minimum atomic E-state index is -0.455. The highest BCUT2D eigenvalue weighted by Gasteiger charge is 2.22. The van der Waals surface area contributed by atoms with Gasteiger partial charge in [-0.1, -0.05) is 71.9 Å². The Kier molecular flexibility index (Phi) is 5.61. The molecule has 0 saturated carbocycles. The highest BCUT2D eigenvalue weighted by molar-refractivity contribution is 6.10. The number of hydrogen-bond donors (Lipinski definition) is 2. The molecule has 0 atom stereocenters. The Morgan fingerprint density at radius 1 is 0.733 bits per heavy atom. The van der Waals surface area contributed by atoms with E-state index in [9.17, 15) is 9.59 Å². The Labute approximate surface area is 173 Å². The molecule has 0 unspecified atom stereocenters. The van der Waals surface area contributed by atoms with Gasteiger partial charge < -0.3 is 10.6 Å². The molecule has 7 nitrogen and oxygen atoms in total. The zero-order valence-corrected chi connectivity index (χ0v) is 16.0. The fraction of sp³-hybridized carbons (Fsp3) is 0.0435. The van der Waals surface area contributed by atoms with E-state index >= 15 is 0 Å². The summed E-state index contributed by atoms with van der Waals surface area (Å²) >= 11 is 0. The van der Waals surface area contributed by atoms with Crippen LogP contribution in [0.3, 0.4) is 0 Å². The first-order valence-electron chi connectivity index (χ1n) is 9.41. The number of rotatable bonds is 6. The topological polar surface area (TPSA) is 88.9 Å². The lowest BCUT2D eigenvalue weighted by atomic mass is 10.2. The van der Waals surface area contributed by atoms with E-state index in [1.165, 1.54) is 4.68 Å². The molecule has 0 spiro atoms. The molecule has 30 heavy (non-hydrogen) atoms. The van der Waals surface area contributed by atoms with E-state index in [4.69, 9.17) is 0 Å². The lowest BCUT2D eigenvalue weighted by Gasteiger charge is -2.10. The van der Waals surface area contributed by atoms with E-state index in [-0.39, 0.29) is 17.4 Å². The molecule has 0 aliphatic carbocycles. The van der Waals surface area contributed by atoms with Gasteiger partial charge in [0.1, 0.15) is 0 Å². The molecule has 1 heterocycles. The minimum absolute atomic E-state index is 0.0408. The summed E-state index contributed by atoms with van der Waals surface area (Å²) in [6.45, 7) is 0.358. The molecule has 4 rings (SSSR count). The summed E-state index contributed by atoms with van der Waals surface area (Å²) in [7, 11) is 0. The van der Waals surface area contributed by atoms with E-state index in [1.807, 2.05) is 54.6 Å². The lowest BCUT2D eigenvalue weighted by Crippen LogP contribution is -2.20. The second kappa shape index (κ2) is 8.83. The van der Waals surface area contributed by atoms with Crippen LogP contribution in [0.2, 0.25) is 0 Å². The molecule has 0 aliphatic heterocycles. The summed E-state index contributed by atoms with van der Waals surface area (Å²) < 4.78 is 1.51. The van der Waals surface area contributed by atoms with Gasteiger partial charge in [0.2, 0.25) is 0 Å². The SMILES string of the molecule is O=C(Nc1c(C(=O)Nc2ccccc2)nnn1Cc1ccccc1)c1ccccc1. The molecule has 0 fully saturated rings. The Hall–Kier alpha value is -4.26. The summed E-state index contributed by atoms with van der Waals surface area (Å²) in [6.07, 6.45) is 0. The van der Waals surface area contributed by atoms with Crippen molar-refractivity contribution in [1.29, 1.82) is 0 Å². The maximum Gasteiger partial charge on any atom is 0.280 e. The van der Waals surface area contributed by atoms with Crippen molar-refractivity contribution in [2.45, 2.75) is 6.54 Å². The van der Waals surface area contributed by atoms with Gasteiger partial charge in [-0.25, -0.2) is 4.68 Å². The van der Waals surface area contributed by atoms with Gasteiger partial charge >= 0.3 is 0 Å². The van der Waals surface area contributed by atoms with Gasteiger partial charge in [-0.15, -0.1) is 5.10 Å². The van der Waals surface area contributed by atoms with E-state index in [2.05, 4.69) is 20.9 Å². The van der Waals surface area contributed by atoms with Crippen LogP contribution in [0.25, 0.3) is 0 Å². The normalized spacial score (nSPS) is 10.4. The number of nitrogens with zero attached hydrogens (tertiary/aromatic N) is 3. The van der Waals surface area contributed by atoms with Gasteiger partial charge in [0.05, 0.1) is 6.54 Å². The summed E-state index contributed by atoms with van der Waals surface area (Å²) in [4.78, 5) is 25.6. The summed E-state index contributed by atoms with van der Waals surface area (Å²) in [6, 6.07) is 27.4. The second-order valence-electron chi connectivity index (χ2n) is 6.57. The van der Waals surface area contributed by atoms with E-state index in [0.717, 1.165) is 5.56 Å². The Balaban J connectivity index is 1.65. The maximum absolute atomic E-state index is 12.8. The van der Waals surface area contributed by atoms with Crippen LogP contribution in [0.15, 0.2) is 91.0 Å². The first-order valence-corrected chi connectivity index (χ1v) is 9.41. The number of aromatic nitrogens is 3. The van der Waals surface area contributed by atoms with Crippen LogP contribution in [0, 0.1) is 0 Å². The maximum atomic E-state index is 12.8. The number of nitrogens with one attached hydrogen (secondary N) is 2. The minimum Gasteiger partial charge on any atom is -0.320 e. The van der Waals surface area contributed by atoms with Crippen molar-refractivity contribution in [2.75, 3.05) is 10.6 Å². The van der Waals surface area contributed by atoms with Crippen LogP contribution in [-0.2, 0) is 6.54 Å². The van der Waals surface area contributed by atoms with Gasteiger partial charge in [0.15, 0.2) is 11.5 Å². The van der Waals surface area contributed by atoms with Crippen molar-refractivity contribution in [1.82, 2.24) is 15.0 Å². The standard InChI is InChI=1S/C23H19N5O2/c29-22(18-12-6-2-7-13-18)25-21-20(23(30)24-19-14-8-3-9-15-19)26-27-28(21)16-17-10-4-1-5-11-17/h1-15H,16H2,(H,24,30)(H,25,29). The number of benzene rings is 3. The molecule has 0 aliphatic rings. The summed E-state index contributed by atoms with van der Waals surface area (Å²) in [5, 5.41) is 13.7. The van der Waals surface area contributed by atoms with Crippen LogP contribution in [0.1, 0.15) is 26.4 Å². The third-order valence-corrected chi connectivity index (χ3v) is 4.42. The van der Waals surface area contributed by atoms with Gasteiger partial charge in [-0.3, -0.25) is 9.59 Å². The van der Waals surface area contributed by atoms with Crippen molar-refractivity contribution < 1.29 is 9.59 Å². The molecular formula is C23H19N5O2. The Morgan fingerprint density at radius 2 is 1.33 bits per heavy atom. The molecule has 1 aromatic heterocycles. The molecule has 3 aromatic carbocycles. The average Bonchev–Trinajstić information content (AvgIpc) is 3.18. The van der Waals surface area contributed by atoms with Crippen LogP contribution in [0.4, 0.5) is 11.5 Å². The molecule has 0 radical (unpaired) electrons. The quantitative estimate of drug-likeness (QED) is 0.517. The van der Waals surface area contributed by atoms with E-state index in [0.29, 0.717) is 17.8 Å². The molecule has 2 amide bonds. The molecule has 148 valence electrons. The van der Waals surface area contributed by atoms with Crippen molar-refractivity contribution in [3.05, 3.63) is 108 Å². The predicted octanol–water partition coefficient (Wildman–Crippen LogP) is 3.83. The van der Waals surface area contributed by atoms with Crippen LogP contribution >= 0.6 is 0 Å². The van der Waals surface area contributed by atoms with Gasteiger partial charge in [-0.05, 0) is 29.8 Å². The molecule has 0 saturated heterocycles. The molecule has 2 N–H and O–H groups in total. The molecule has 0 bridgehead atoms. The number of para-hydroxylation sites is 1. The third-order valence-electron chi connectivity index (χ3n) is 4.42. The first kappa shape index (κ1) is 19.1. The zero-order chi connectivity index (χ0) is 20.8. The first-order chi connectivity index (χ1) is 14.7. The largest absolute Gasteiger partial charge is 0.320 e. The van der Waals surface area contributed by atoms with Crippen molar-refractivity contribution >= 4 is 23.3 Å². The summed E-state index contributed by atoms with van der Waals surface area (Å²) in [5.41, 5.74) is 2.10. The van der Waals surface area contributed by atoms with Crippen molar-refractivity contribution in [3.63, 3.8) is 0 Å². The van der Waals surface area contributed by atoms with E-state index in [1.54, 1.807) is 36.4 Å². The van der Waals surface area contributed by atoms with E-state index < -0.39 is 5.91 Å². The van der Waals surface area contributed by atoms with Crippen molar-refractivity contribution in [2.24, 2.45) is 0 Å². The van der Waals surface area contributed by atoms with Gasteiger partial charge in [0.25, 0.3) is 11.8 Å². The second-order valence-corrected chi connectivity index (χ2v) is 6.57. The van der Waals surface area contributed by atoms with Gasteiger partial charge in [0, 0.05) is 11.3 Å². The number of hydrogen-bond acceptors (Lipinski definition) is 4. The monoisotopic (exact) mass is 397 g/mol. The van der Waals surface area contributed by atoms with Gasteiger partial charge in [-0.2, -0.15) is 0 Å².